The molecule has 0 unspecified atom stereocenters. The molecule has 1 aromatic rings. The van der Waals surface area contributed by atoms with Crippen molar-refractivity contribution in [3.05, 3.63) is 35.4 Å². The van der Waals surface area contributed by atoms with Crippen LogP contribution in [0.5, 0.6) is 0 Å². The van der Waals surface area contributed by atoms with Gasteiger partial charge in [-0.05, 0) is 13.0 Å². The minimum Gasteiger partial charge on any atom is -0.294 e. The number of benzene rings is 1. The van der Waals surface area contributed by atoms with Gasteiger partial charge in [0.05, 0.1) is 5.56 Å². The van der Waals surface area contributed by atoms with Gasteiger partial charge in [-0.1, -0.05) is 18.2 Å². The first-order valence-electron chi connectivity index (χ1n) is 4.59. The van der Waals surface area contributed by atoms with Crippen molar-refractivity contribution in [1.82, 2.24) is 5.06 Å². The molecule has 0 aromatic heterocycles. The molecular formula is C11H11NO4. The second kappa shape index (κ2) is 4.67. The quantitative estimate of drug-likeness (QED) is 0.463. The predicted molar refractivity (Wildman–Crippen MR) is 55.1 cm³/mol. The lowest BCUT2D eigenvalue weighted by molar-refractivity contribution is -0.151. The average Bonchev–Trinajstić information content (AvgIpc) is 2.26. The molecular weight excluding hydrogens is 210 g/mol. The summed E-state index contributed by atoms with van der Waals surface area (Å²) < 4.78 is 0. The molecule has 0 aliphatic rings. The van der Waals surface area contributed by atoms with Crippen LogP contribution in [0.4, 0.5) is 0 Å². The van der Waals surface area contributed by atoms with E-state index < -0.39 is 11.8 Å². The minimum atomic E-state index is -0.904. The number of amides is 2. The van der Waals surface area contributed by atoms with Gasteiger partial charge in [0.2, 0.25) is 5.91 Å². The fourth-order valence-corrected chi connectivity index (χ4v) is 1.23. The van der Waals surface area contributed by atoms with Crippen molar-refractivity contribution in [3.63, 3.8) is 0 Å². The lowest BCUT2D eigenvalue weighted by atomic mass is 10.0. The van der Waals surface area contributed by atoms with E-state index >= 15 is 0 Å². The molecule has 0 saturated heterocycles. The highest BCUT2D eigenvalue weighted by molar-refractivity contribution is 6.10. The van der Waals surface area contributed by atoms with Crippen LogP contribution in [0.2, 0.25) is 0 Å². The number of rotatable bonds is 2. The maximum absolute atomic E-state index is 11.6. The molecule has 5 heteroatoms. The summed E-state index contributed by atoms with van der Waals surface area (Å²) in [7, 11) is 0. The molecule has 0 atom stereocenters. The van der Waals surface area contributed by atoms with Crippen molar-refractivity contribution < 1.29 is 19.6 Å². The number of hydrogen-bond acceptors (Lipinski definition) is 4. The summed E-state index contributed by atoms with van der Waals surface area (Å²) in [5.41, 5.74) is 0.181. The zero-order valence-electron chi connectivity index (χ0n) is 8.93. The van der Waals surface area contributed by atoms with Crippen molar-refractivity contribution in [2.24, 2.45) is 0 Å². The van der Waals surface area contributed by atoms with Crippen LogP contribution in [0.15, 0.2) is 24.3 Å². The summed E-state index contributed by atoms with van der Waals surface area (Å²) >= 11 is 0. The Morgan fingerprint density at radius 1 is 1.06 bits per heavy atom. The third kappa shape index (κ3) is 2.32. The van der Waals surface area contributed by atoms with E-state index in [0.717, 1.165) is 6.92 Å². The zero-order chi connectivity index (χ0) is 12.3. The molecule has 0 fully saturated rings. The Kier molecular flexibility index (Phi) is 3.52. The Labute approximate surface area is 92.2 Å². The number of ketones is 1. The van der Waals surface area contributed by atoms with Crippen LogP contribution in [0.25, 0.3) is 0 Å². The molecule has 0 bridgehead atoms. The summed E-state index contributed by atoms with van der Waals surface area (Å²) in [4.78, 5) is 33.6. The molecule has 0 saturated carbocycles. The smallest absolute Gasteiger partial charge is 0.285 e. The van der Waals surface area contributed by atoms with Crippen LogP contribution < -0.4 is 0 Å². The van der Waals surface area contributed by atoms with Crippen LogP contribution in [0.3, 0.4) is 0 Å². The SMILES string of the molecule is CC(=O)c1ccccc1C(=O)N(O)C(C)=O. The van der Waals surface area contributed by atoms with Gasteiger partial charge in [0.15, 0.2) is 5.78 Å². The standard InChI is InChI=1S/C11H11NO4/c1-7(13)9-5-3-4-6-10(9)11(15)12(16)8(2)14/h3-6,16H,1-2H3. The van der Waals surface area contributed by atoms with Gasteiger partial charge in [-0.15, -0.1) is 0 Å². The van der Waals surface area contributed by atoms with Crippen molar-refractivity contribution in [3.8, 4) is 0 Å². The Hall–Kier alpha value is -2.01. The van der Waals surface area contributed by atoms with Gasteiger partial charge in [0, 0.05) is 12.5 Å². The summed E-state index contributed by atoms with van der Waals surface area (Å²) in [6, 6.07) is 5.99. The first kappa shape index (κ1) is 12.1. The van der Waals surface area contributed by atoms with E-state index in [1.165, 1.54) is 19.1 Å². The minimum absolute atomic E-state index is 0.00713. The van der Waals surface area contributed by atoms with Crippen molar-refractivity contribution in [2.45, 2.75) is 13.8 Å². The number of nitrogens with zero attached hydrogens (tertiary/aromatic N) is 1. The Balaban J connectivity index is 3.18. The van der Waals surface area contributed by atoms with Gasteiger partial charge in [-0.25, -0.2) is 0 Å². The Morgan fingerprint density at radius 3 is 2.00 bits per heavy atom. The maximum atomic E-state index is 11.6. The topological polar surface area (TPSA) is 74.7 Å². The van der Waals surface area contributed by atoms with E-state index in [-0.39, 0.29) is 22.0 Å². The first-order chi connectivity index (χ1) is 7.45. The van der Waals surface area contributed by atoms with Gasteiger partial charge in [-0.2, -0.15) is 5.06 Å². The molecule has 5 nitrogen and oxygen atoms in total. The normalized spacial score (nSPS) is 9.69. The lowest BCUT2D eigenvalue weighted by Gasteiger charge is -2.12. The summed E-state index contributed by atoms with van der Waals surface area (Å²) in [6.45, 7) is 2.36. The second-order valence-corrected chi connectivity index (χ2v) is 3.24. The summed E-state index contributed by atoms with van der Waals surface area (Å²) in [6.07, 6.45) is 0. The highest BCUT2D eigenvalue weighted by Gasteiger charge is 2.21. The predicted octanol–water partition coefficient (Wildman–Crippen LogP) is 1.27. The molecule has 0 aliphatic carbocycles. The third-order valence-electron chi connectivity index (χ3n) is 2.03. The molecule has 1 aromatic carbocycles. The van der Waals surface area contributed by atoms with Crippen LogP contribution in [0, 0.1) is 0 Å². The molecule has 1 rings (SSSR count). The van der Waals surface area contributed by atoms with E-state index in [1.54, 1.807) is 12.1 Å². The van der Waals surface area contributed by atoms with E-state index in [0.29, 0.717) is 0 Å². The van der Waals surface area contributed by atoms with E-state index in [1.807, 2.05) is 0 Å². The lowest BCUT2D eigenvalue weighted by Crippen LogP contribution is -2.32. The van der Waals surface area contributed by atoms with E-state index in [4.69, 9.17) is 0 Å². The van der Waals surface area contributed by atoms with E-state index in [2.05, 4.69) is 0 Å². The van der Waals surface area contributed by atoms with Crippen LogP contribution in [-0.2, 0) is 4.79 Å². The summed E-state index contributed by atoms with van der Waals surface area (Å²) in [5.74, 6) is -2.01. The molecule has 0 heterocycles. The molecule has 0 spiro atoms. The molecule has 2 amide bonds. The van der Waals surface area contributed by atoms with Gasteiger partial charge in [-0.3, -0.25) is 19.6 Å². The van der Waals surface area contributed by atoms with E-state index in [9.17, 15) is 19.6 Å². The fraction of sp³-hybridized carbons (Fsp3) is 0.182. The fourth-order valence-electron chi connectivity index (χ4n) is 1.23. The molecule has 1 N–H and O–H groups in total. The molecule has 0 radical (unpaired) electrons. The molecule has 16 heavy (non-hydrogen) atoms. The highest BCUT2D eigenvalue weighted by atomic mass is 16.5. The van der Waals surface area contributed by atoms with Crippen molar-refractivity contribution >= 4 is 17.6 Å². The second-order valence-electron chi connectivity index (χ2n) is 3.24. The Bertz CT molecular complexity index is 453. The molecule has 84 valence electrons. The Morgan fingerprint density at radius 2 is 1.56 bits per heavy atom. The van der Waals surface area contributed by atoms with Crippen molar-refractivity contribution in [1.29, 1.82) is 0 Å². The van der Waals surface area contributed by atoms with Gasteiger partial charge in [0.1, 0.15) is 0 Å². The zero-order valence-corrected chi connectivity index (χ0v) is 8.93. The maximum Gasteiger partial charge on any atom is 0.285 e. The number of carbonyl (C=O) groups excluding carboxylic acids is 3. The van der Waals surface area contributed by atoms with Crippen LogP contribution >= 0.6 is 0 Å². The summed E-state index contributed by atoms with van der Waals surface area (Å²) in [5, 5.41) is 9.17. The number of imide groups is 1. The van der Waals surface area contributed by atoms with Gasteiger partial charge < -0.3 is 0 Å². The average molecular weight is 221 g/mol. The number of Topliss-reactive ketones (excluding diaryl/α,β-unsaturated/α-hetero) is 1. The van der Waals surface area contributed by atoms with Gasteiger partial charge >= 0.3 is 0 Å². The van der Waals surface area contributed by atoms with Crippen LogP contribution in [0.1, 0.15) is 34.6 Å². The third-order valence-corrected chi connectivity index (χ3v) is 2.03. The first-order valence-corrected chi connectivity index (χ1v) is 4.59. The number of carbonyl (C=O) groups is 3. The monoisotopic (exact) mass is 221 g/mol. The van der Waals surface area contributed by atoms with Crippen molar-refractivity contribution in [2.75, 3.05) is 0 Å². The highest BCUT2D eigenvalue weighted by Crippen LogP contribution is 2.11. The largest absolute Gasteiger partial charge is 0.294 e. The molecule has 0 aliphatic heterocycles. The number of hydroxylamine groups is 2. The number of hydrogen-bond donors (Lipinski definition) is 1. The van der Waals surface area contributed by atoms with Crippen LogP contribution in [-0.4, -0.2) is 27.9 Å². The van der Waals surface area contributed by atoms with Gasteiger partial charge in [0.25, 0.3) is 5.91 Å².